The average molecular weight is 588 g/mol. The summed E-state index contributed by atoms with van der Waals surface area (Å²) in [6.07, 6.45) is 6.94. The molecule has 0 spiro atoms. The van der Waals surface area contributed by atoms with E-state index in [1.165, 1.54) is 29.7 Å². The molecule has 1 aromatic carbocycles. The summed E-state index contributed by atoms with van der Waals surface area (Å²) in [6.45, 7) is 8.65. The van der Waals surface area contributed by atoms with Crippen molar-refractivity contribution in [2.45, 2.75) is 69.9 Å². The first kappa shape index (κ1) is 29.2. The zero-order chi connectivity index (χ0) is 30.2. The average Bonchev–Trinajstić information content (AvgIpc) is 2.91. The van der Waals surface area contributed by atoms with Gasteiger partial charge < -0.3 is 24.6 Å². The molecule has 10 heteroatoms. The van der Waals surface area contributed by atoms with Crippen molar-refractivity contribution in [3.63, 3.8) is 0 Å². The Labute approximate surface area is 252 Å². The summed E-state index contributed by atoms with van der Waals surface area (Å²) in [7, 11) is 0. The number of piperidine rings is 1. The molecule has 1 atom stereocenters. The number of pyridine rings is 1. The molecule has 228 valence electrons. The minimum atomic E-state index is -0.858. The van der Waals surface area contributed by atoms with Gasteiger partial charge in [-0.1, -0.05) is 24.6 Å². The van der Waals surface area contributed by atoms with Gasteiger partial charge >= 0.3 is 6.09 Å². The highest BCUT2D eigenvalue weighted by atomic mass is 16.6. The third-order valence-corrected chi connectivity index (χ3v) is 8.87. The molecule has 2 saturated heterocycles. The Morgan fingerprint density at radius 3 is 2.51 bits per heavy atom. The molecular weight excluding hydrogens is 546 g/mol. The van der Waals surface area contributed by atoms with Crippen molar-refractivity contribution in [3.8, 4) is 0 Å². The van der Waals surface area contributed by atoms with Crippen LogP contribution in [0.25, 0.3) is 5.65 Å². The summed E-state index contributed by atoms with van der Waals surface area (Å²) < 4.78 is 12.8. The van der Waals surface area contributed by atoms with E-state index < -0.39 is 11.0 Å². The monoisotopic (exact) mass is 587 g/mol. The van der Waals surface area contributed by atoms with Crippen molar-refractivity contribution in [1.29, 1.82) is 0 Å². The summed E-state index contributed by atoms with van der Waals surface area (Å²) in [6, 6.07) is 14.8. The molecule has 2 amide bonds. The van der Waals surface area contributed by atoms with Crippen LogP contribution in [0, 0.1) is 5.92 Å². The quantitative estimate of drug-likeness (QED) is 0.431. The number of benzene rings is 1. The highest BCUT2D eigenvalue weighted by Crippen LogP contribution is 2.36. The highest BCUT2D eigenvalue weighted by Gasteiger charge is 2.48. The van der Waals surface area contributed by atoms with E-state index in [1.807, 2.05) is 37.8 Å². The van der Waals surface area contributed by atoms with Crippen LogP contribution in [0.4, 0.5) is 16.3 Å². The zero-order valence-electron chi connectivity index (χ0n) is 25.3. The first-order valence-electron chi connectivity index (χ1n) is 15.3. The van der Waals surface area contributed by atoms with Crippen LogP contribution in [0.1, 0.15) is 58.4 Å². The first-order valence-corrected chi connectivity index (χ1v) is 15.3. The van der Waals surface area contributed by atoms with Crippen molar-refractivity contribution in [1.82, 2.24) is 14.3 Å². The fraction of sp³-hybridized carbons (Fsp3) is 0.515. The smallest absolute Gasteiger partial charge is 0.410 e. The molecule has 2 aliphatic heterocycles. The lowest BCUT2D eigenvalue weighted by atomic mass is 9.77. The van der Waals surface area contributed by atoms with Crippen LogP contribution in [0.15, 0.2) is 59.5 Å². The van der Waals surface area contributed by atoms with Crippen LogP contribution in [-0.2, 0) is 19.7 Å². The molecule has 10 nitrogen and oxygen atoms in total. The fourth-order valence-corrected chi connectivity index (χ4v) is 6.17. The van der Waals surface area contributed by atoms with E-state index in [9.17, 15) is 14.4 Å². The topological polar surface area (TPSA) is 105 Å². The van der Waals surface area contributed by atoms with Gasteiger partial charge in [-0.15, -0.1) is 0 Å². The lowest BCUT2D eigenvalue weighted by molar-refractivity contribution is -0.139. The number of carbonyl (C=O) groups is 2. The maximum absolute atomic E-state index is 13.5. The van der Waals surface area contributed by atoms with E-state index in [2.05, 4.69) is 27.3 Å². The Morgan fingerprint density at radius 2 is 1.86 bits per heavy atom. The van der Waals surface area contributed by atoms with Gasteiger partial charge in [0.25, 0.3) is 5.56 Å². The van der Waals surface area contributed by atoms with Gasteiger partial charge in [0.2, 0.25) is 5.91 Å². The van der Waals surface area contributed by atoms with E-state index in [0.29, 0.717) is 11.6 Å². The van der Waals surface area contributed by atoms with E-state index in [0.717, 1.165) is 43.7 Å². The second-order valence-electron chi connectivity index (χ2n) is 13.2. The van der Waals surface area contributed by atoms with Crippen LogP contribution in [0.3, 0.4) is 0 Å². The Kier molecular flexibility index (Phi) is 7.89. The number of carbonyl (C=O) groups excluding carboxylic acids is 2. The number of ether oxygens (including phenoxy) is 2. The maximum Gasteiger partial charge on any atom is 0.410 e. The van der Waals surface area contributed by atoms with Crippen LogP contribution in [-0.4, -0.2) is 70.8 Å². The number of hydrogen-bond acceptors (Lipinski definition) is 7. The largest absolute Gasteiger partial charge is 0.444 e. The molecule has 1 saturated carbocycles. The van der Waals surface area contributed by atoms with Crippen LogP contribution in [0.5, 0.6) is 0 Å². The van der Waals surface area contributed by atoms with Crippen molar-refractivity contribution < 1.29 is 19.1 Å². The van der Waals surface area contributed by atoms with Gasteiger partial charge in [0, 0.05) is 37.6 Å². The molecule has 0 radical (unpaired) electrons. The molecule has 3 fully saturated rings. The molecule has 4 heterocycles. The number of aromatic nitrogens is 2. The summed E-state index contributed by atoms with van der Waals surface area (Å²) in [4.78, 5) is 48.1. The van der Waals surface area contributed by atoms with Crippen LogP contribution < -0.4 is 15.8 Å². The molecule has 2 aromatic heterocycles. The number of rotatable bonds is 7. The number of nitrogens with zero attached hydrogens (tertiary/aromatic N) is 4. The van der Waals surface area contributed by atoms with E-state index in [-0.39, 0.29) is 42.6 Å². The normalized spacial score (nSPS) is 20.2. The second-order valence-corrected chi connectivity index (χ2v) is 13.2. The van der Waals surface area contributed by atoms with Crippen molar-refractivity contribution in [2.24, 2.45) is 5.92 Å². The molecule has 1 aliphatic carbocycles. The molecule has 0 unspecified atom stereocenters. The molecule has 3 aromatic rings. The van der Waals surface area contributed by atoms with E-state index >= 15 is 0 Å². The minimum Gasteiger partial charge on any atom is -0.444 e. The Balaban J connectivity index is 1.16. The lowest BCUT2D eigenvalue weighted by Crippen LogP contribution is -2.55. The fourth-order valence-electron chi connectivity index (χ4n) is 6.17. The number of hydrogen-bond donors (Lipinski definition) is 1. The Hall–Kier alpha value is -3.92. The van der Waals surface area contributed by atoms with Gasteiger partial charge in [-0.3, -0.25) is 14.0 Å². The summed E-state index contributed by atoms with van der Waals surface area (Å²) in [5.74, 6) is 0.526. The predicted octanol–water partition coefficient (Wildman–Crippen LogP) is 4.61. The number of nitrogens with one attached hydrogen (secondary N) is 1. The molecular formula is C33H41N5O5. The highest BCUT2D eigenvalue weighted by molar-refractivity contribution is 5.99. The Morgan fingerprint density at radius 1 is 1.09 bits per heavy atom. The van der Waals surface area contributed by atoms with Crippen molar-refractivity contribution >= 4 is 29.2 Å². The molecule has 6 rings (SSSR count). The second kappa shape index (κ2) is 11.6. The standard InChI is InChI=1S/C33H41N5O5/c1-32(2,3)43-31(41)38(19-23-8-6-9-23)26-10-7-16-36(20-26)25-14-12-24(13-15-25)33(21-42-22-33)30(40)35-27-18-29(39)37-17-5-4-11-28(37)34-27/h4-5,11-15,17-18,23,26H,6-10,16,19-22H2,1-3H3,(H,35,40)/t26-/m1/s1. The molecule has 0 bridgehead atoms. The minimum absolute atomic E-state index is 0.0829. The van der Waals surface area contributed by atoms with Crippen molar-refractivity contribution in [2.75, 3.05) is 43.1 Å². The SMILES string of the molecule is CC(C)(C)OC(=O)N(CC1CCC1)[C@@H]1CCCN(c2ccc(C3(C(=O)Nc4cc(=O)n5ccccc5n4)COC3)cc2)C1. The third-order valence-electron chi connectivity index (χ3n) is 8.87. The molecule has 3 aliphatic rings. The third kappa shape index (κ3) is 6.11. The van der Waals surface area contributed by atoms with Gasteiger partial charge in [0.1, 0.15) is 22.5 Å². The van der Waals surface area contributed by atoms with Gasteiger partial charge in [-0.25, -0.2) is 9.78 Å². The van der Waals surface area contributed by atoms with Crippen LogP contribution in [0.2, 0.25) is 0 Å². The lowest BCUT2D eigenvalue weighted by Gasteiger charge is -2.43. The maximum atomic E-state index is 13.5. The zero-order valence-corrected chi connectivity index (χ0v) is 25.3. The summed E-state index contributed by atoms with van der Waals surface area (Å²) in [5, 5.41) is 2.86. The summed E-state index contributed by atoms with van der Waals surface area (Å²) >= 11 is 0. The first-order chi connectivity index (χ1) is 20.6. The Bertz CT molecular complexity index is 1540. The van der Waals surface area contributed by atoms with Gasteiger partial charge in [-0.2, -0.15) is 0 Å². The van der Waals surface area contributed by atoms with Crippen LogP contribution >= 0.6 is 0 Å². The van der Waals surface area contributed by atoms with Gasteiger partial charge in [0.15, 0.2) is 0 Å². The number of anilines is 2. The van der Waals surface area contributed by atoms with E-state index in [1.54, 1.807) is 24.4 Å². The number of fused-ring (bicyclic) bond motifs is 1. The molecule has 1 N–H and O–H groups in total. The van der Waals surface area contributed by atoms with Gasteiger partial charge in [0.05, 0.1) is 19.3 Å². The van der Waals surface area contributed by atoms with E-state index in [4.69, 9.17) is 9.47 Å². The number of amides is 2. The molecule has 43 heavy (non-hydrogen) atoms. The summed E-state index contributed by atoms with van der Waals surface area (Å²) in [5.41, 5.74) is 0.719. The van der Waals surface area contributed by atoms with Gasteiger partial charge in [-0.05, 0) is 82.2 Å². The van der Waals surface area contributed by atoms with Crippen molar-refractivity contribution in [3.05, 3.63) is 70.6 Å². The predicted molar refractivity (Wildman–Crippen MR) is 165 cm³/mol.